The Balaban J connectivity index is 1.07. The number of carbonyl (C=O) groups excluding carboxylic acids is 2. The van der Waals surface area contributed by atoms with E-state index in [2.05, 4.69) is 36.2 Å². The predicted molar refractivity (Wildman–Crippen MR) is 187 cm³/mol. The average Bonchev–Trinajstić information content (AvgIpc) is 3.13. The second-order valence-electron chi connectivity index (χ2n) is 10.7. The number of nitrogens with one attached hydrogen (secondary N) is 4. The lowest BCUT2D eigenvalue weighted by Crippen LogP contribution is -2.22. The molecular weight excluding hydrogens is 606 g/mol. The molecule has 0 fully saturated rings. The van der Waals surface area contributed by atoms with E-state index < -0.39 is 0 Å². The third-order valence-electron chi connectivity index (χ3n) is 7.05. The summed E-state index contributed by atoms with van der Waals surface area (Å²) in [6.45, 7) is 2.71. The van der Waals surface area contributed by atoms with E-state index >= 15 is 0 Å². The van der Waals surface area contributed by atoms with Gasteiger partial charge in [-0.2, -0.15) is 15.0 Å². The van der Waals surface area contributed by atoms with Crippen LogP contribution in [0.25, 0.3) is 0 Å². The molecule has 11 nitrogen and oxygen atoms in total. The maximum absolute atomic E-state index is 12.6. The SMILES string of the molecule is O=C(CCCOCCOCCNc1nc(Nc2ccccc2)nc(Nc2ccc(C(=O)NCc3ccccc3)cc2)n1)c1ccccc1. The number of ketones is 1. The number of para-hydroxylation sites is 1. The van der Waals surface area contributed by atoms with Gasteiger partial charge in [0.1, 0.15) is 0 Å². The van der Waals surface area contributed by atoms with Crippen LogP contribution in [0.1, 0.15) is 39.1 Å². The summed E-state index contributed by atoms with van der Waals surface area (Å²) < 4.78 is 11.3. The van der Waals surface area contributed by atoms with Crippen LogP contribution in [0.3, 0.4) is 0 Å². The number of Topliss-reactive ketones (excluding diaryl/α,β-unsaturated/α-hetero) is 1. The summed E-state index contributed by atoms with van der Waals surface area (Å²) in [4.78, 5) is 38.4. The van der Waals surface area contributed by atoms with Crippen LogP contribution in [0, 0.1) is 0 Å². The van der Waals surface area contributed by atoms with Gasteiger partial charge in [0.05, 0.1) is 19.8 Å². The number of hydrogen-bond donors (Lipinski definition) is 4. The van der Waals surface area contributed by atoms with Crippen molar-refractivity contribution < 1.29 is 19.1 Å². The van der Waals surface area contributed by atoms with E-state index in [1.54, 1.807) is 24.3 Å². The summed E-state index contributed by atoms with van der Waals surface area (Å²) in [5.74, 6) is 1.02. The zero-order valence-electron chi connectivity index (χ0n) is 26.6. The van der Waals surface area contributed by atoms with Gasteiger partial charge in [0.25, 0.3) is 5.91 Å². The van der Waals surface area contributed by atoms with E-state index in [0.29, 0.717) is 81.5 Å². The number of amides is 1. The van der Waals surface area contributed by atoms with Crippen molar-refractivity contribution in [1.82, 2.24) is 20.3 Å². The summed E-state index contributed by atoms with van der Waals surface area (Å²) in [6.07, 6.45) is 1.12. The fraction of sp³-hybridized carbons (Fsp3) is 0.216. The van der Waals surface area contributed by atoms with Crippen molar-refractivity contribution in [2.75, 3.05) is 48.9 Å². The molecule has 0 radical (unpaired) electrons. The van der Waals surface area contributed by atoms with Crippen molar-refractivity contribution in [2.24, 2.45) is 0 Å². The lowest BCUT2D eigenvalue weighted by molar-refractivity contribution is 0.0497. The fourth-order valence-electron chi connectivity index (χ4n) is 4.59. The average molecular weight is 646 g/mol. The molecule has 246 valence electrons. The Morgan fingerprint density at radius 3 is 1.79 bits per heavy atom. The van der Waals surface area contributed by atoms with E-state index in [1.165, 1.54) is 0 Å². The van der Waals surface area contributed by atoms with Gasteiger partial charge >= 0.3 is 0 Å². The van der Waals surface area contributed by atoms with Crippen molar-refractivity contribution in [1.29, 1.82) is 0 Å². The maximum Gasteiger partial charge on any atom is 0.251 e. The number of nitrogens with zero attached hydrogens (tertiary/aromatic N) is 3. The molecule has 5 rings (SSSR count). The second kappa shape index (κ2) is 18.5. The van der Waals surface area contributed by atoms with Crippen LogP contribution < -0.4 is 21.3 Å². The van der Waals surface area contributed by atoms with Crippen molar-refractivity contribution in [3.8, 4) is 0 Å². The first kappa shape index (κ1) is 33.7. The van der Waals surface area contributed by atoms with Gasteiger partial charge in [-0.3, -0.25) is 9.59 Å². The highest BCUT2D eigenvalue weighted by Crippen LogP contribution is 2.19. The quantitative estimate of drug-likeness (QED) is 0.0590. The summed E-state index contributed by atoms with van der Waals surface area (Å²) in [5.41, 5.74) is 3.85. The molecule has 48 heavy (non-hydrogen) atoms. The zero-order chi connectivity index (χ0) is 33.2. The zero-order valence-corrected chi connectivity index (χ0v) is 26.6. The fourth-order valence-corrected chi connectivity index (χ4v) is 4.59. The van der Waals surface area contributed by atoms with Gasteiger partial charge in [0.2, 0.25) is 17.8 Å². The van der Waals surface area contributed by atoms with E-state index in [4.69, 9.17) is 9.47 Å². The van der Waals surface area contributed by atoms with Gasteiger partial charge in [0.15, 0.2) is 5.78 Å². The topological polar surface area (TPSA) is 139 Å². The highest BCUT2D eigenvalue weighted by Gasteiger charge is 2.10. The molecule has 1 aromatic heterocycles. The molecule has 0 aliphatic heterocycles. The molecule has 0 spiro atoms. The van der Waals surface area contributed by atoms with E-state index in [-0.39, 0.29) is 11.7 Å². The highest BCUT2D eigenvalue weighted by atomic mass is 16.5. The number of hydrogen-bond acceptors (Lipinski definition) is 10. The van der Waals surface area contributed by atoms with E-state index in [9.17, 15) is 9.59 Å². The largest absolute Gasteiger partial charge is 0.379 e. The first-order chi connectivity index (χ1) is 23.6. The second-order valence-corrected chi connectivity index (χ2v) is 10.7. The molecule has 0 saturated heterocycles. The highest BCUT2D eigenvalue weighted by molar-refractivity contribution is 5.96. The molecule has 11 heteroatoms. The van der Waals surface area contributed by atoms with Gasteiger partial charge in [-0.25, -0.2) is 0 Å². The Hall–Kier alpha value is -5.65. The van der Waals surface area contributed by atoms with Crippen LogP contribution in [0.15, 0.2) is 115 Å². The molecule has 0 bridgehead atoms. The minimum atomic E-state index is -0.157. The Labute approximate surface area is 280 Å². The number of benzene rings is 4. The van der Waals surface area contributed by atoms with Crippen molar-refractivity contribution in [3.05, 3.63) is 132 Å². The van der Waals surface area contributed by atoms with Crippen LogP contribution in [-0.2, 0) is 16.0 Å². The van der Waals surface area contributed by atoms with Gasteiger partial charge in [-0.1, -0.05) is 78.9 Å². The Kier molecular flexibility index (Phi) is 13.0. The number of aromatic nitrogens is 3. The number of carbonyl (C=O) groups is 2. The monoisotopic (exact) mass is 645 g/mol. The Morgan fingerprint density at radius 2 is 1.12 bits per heavy atom. The van der Waals surface area contributed by atoms with Gasteiger partial charge in [0, 0.05) is 48.6 Å². The lowest BCUT2D eigenvalue weighted by Gasteiger charge is -2.12. The molecule has 0 aliphatic rings. The van der Waals surface area contributed by atoms with Crippen molar-refractivity contribution in [3.63, 3.8) is 0 Å². The van der Waals surface area contributed by atoms with E-state index in [0.717, 1.165) is 16.8 Å². The first-order valence-electron chi connectivity index (χ1n) is 15.9. The number of rotatable bonds is 19. The Morgan fingerprint density at radius 1 is 0.562 bits per heavy atom. The van der Waals surface area contributed by atoms with Crippen LogP contribution in [0.4, 0.5) is 29.2 Å². The number of ether oxygens (including phenoxy) is 2. The molecule has 4 aromatic carbocycles. The predicted octanol–water partition coefficient (Wildman–Crippen LogP) is 6.40. The molecule has 0 saturated carbocycles. The minimum absolute atomic E-state index is 0.123. The maximum atomic E-state index is 12.6. The summed E-state index contributed by atoms with van der Waals surface area (Å²) in [6, 6.07) is 35.8. The van der Waals surface area contributed by atoms with E-state index in [1.807, 2.05) is 91.0 Å². The van der Waals surface area contributed by atoms with Gasteiger partial charge in [-0.15, -0.1) is 0 Å². The van der Waals surface area contributed by atoms with Crippen LogP contribution in [0.2, 0.25) is 0 Å². The van der Waals surface area contributed by atoms with Gasteiger partial charge in [-0.05, 0) is 48.4 Å². The molecule has 1 amide bonds. The standard InChI is InChI=1S/C37H39N7O4/c45-33(29-13-6-2-7-14-29)17-10-23-47-25-26-48-24-22-38-35-42-36(40-31-15-8-3-9-16-31)44-37(43-35)41-32-20-18-30(19-21-32)34(46)39-27-28-11-4-1-5-12-28/h1-9,11-16,18-21H,10,17,22-27H2,(H,39,46)(H3,38,40,41,42,43,44). The van der Waals surface area contributed by atoms with Crippen LogP contribution in [0.5, 0.6) is 0 Å². The van der Waals surface area contributed by atoms with Crippen LogP contribution in [-0.4, -0.2) is 59.6 Å². The lowest BCUT2D eigenvalue weighted by atomic mass is 10.1. The third-order valence-corrected chi connectivity index (χ3v) is 7.05. The smallest absolute Gasteiger partial charge is 0.251 e. The summed E-state index contributed by atoms with van der Waals surface area (Å²) in [5, 5.41) is 12.5. The summed E-state index contributed by atoms with van der Waals surface area (Å²) in [7, 11) is 0. The Bertz CT molecular complexity index is 1710. The molecule has 5 aromatic rings. The molecular formula is C37H39N7O4. The van der Waals surface area contributed by atoms with Crippen molar-refractivity contribution >= 4 is 40.9 Å². The van der Waals surface area contributed by atoms with Crippen LogP contribution >= 0.6 is 0 Å². The van der Waals surface area contributed by atoms with Gasteiger partial charge < -0.3 is 30.7 Å². The normalized spacial score (nSPS) is 10.7. The molecule has 0 aliphatic carbocycles. The molecule has 0 atom stereocenters. The molecule has 4 N–H and O–H groups in total. The molecule has 1 heterocycles. The third kappa shape index (κ3) is 11.3. The summed E-state index contributed by atoms with van der Waals surface area (Å²) >= 11 is 0. The van der Waals surface area contributed by atoms with Crippen molar-refractivity contribution in [2.45, 2.75) is 19.4 Å². The minimum Gasteiger partial charge on any atom is -0.379 e. The number of anilines is 5. The molecule has 0 unspecified atom stereocenters. The first-order valence-corrected chi connectivity index (χ1v) is 15.9.